The molecule has 3 rings (SSSR count). The molecule has 168 valence electrons. The molecule has 0 aliphatic heterocycles. The third kappa shape index (κ3) is 5.58. The second-order valence-electron chi connectivity index (χ2n) is 6.90. The van der Waals surface area contributed by atoms with Gasteiger partial charge in [0.05, 0.1) is 16.6 Å². The minimum absolute atomic E-state index is 0.111. The molecule has 0 fully saturated rings. The Morgan fingerprint density at radius 3 is 2.66 bits per heavy atom. The van der Waals surface area contributed by atoms with E-state index < -0.39 is 30.2 Å². The van der Waals surface area contributed by atoms with Crippen LogP contribution in [-0.4, -0.2) is 39.4 Å². The lowest BCUT2D eigenvalue weighted by Crippen LogP contribution is -2.37. The second kappa shape index (κ2) is 10.2. The van der Waals surface area contributed by atoms with Gasteiger partial charge in [0.25, 0.3) is 12.3 Å². The lowest BCUT2D eigenvalue weighted by molar-refractivity contribution is 0.0896. The molecule has 8 nitrogen and oxygen atoms in total. The van der Waals surface area contributed by atoms with Gasteiger partial charge in [-0.1, -0.05) is 29.8 Å². The molecule has 2 heterocycles. The zero-order valence-corrected chi connectivity index (χ0v) is 17.9. The fourth-order valence-corrected chi connectivity index (χ4v) is 2.99. The number of carbonyl (C=O) groups is 2. The van der Waals surface area contributed by atoms with Crippen molar-refractivity contribution < 1.29 is 23.1 Å². The van der Waals surface area contributed by atoms with Gasteiger partial charge in [-0.3, -0.25) is 10.1 Å². The van der Waals surface area contributed by atoms with Gasteiger partial charge < -0.3 is 10.1 Å². The number of alkyl halides is 2. The summed E-state index contributed by atoms with van der Waals surface area (Å²) in [6.45, 7) is 3.23. The van der Waals surface area contributed by atoms with Gasteiger partial charge in [-0.15, -0.1) is 0 Å². The molecule has 32 heavy (non-hydrogen) atoms. The number of ether oxygens (including phenoxy) is 1. The lowest BCUT2D eigenvalue weighted by Gasteiger charge is -2.15. The summed E-state index contributed by atoms with van der Waals surface area (Å²) in [5.74, 6) is -0.687. The van der Waals surface area contributed by atoms with Crippen LogP contribution in [0.15, 0.2) is 48.8 Å². The number of hydrogen-bond donors (Lipinski definition) is 2. The van der Waals surface area contributed by atoms with Crippen molar-refractivity contribution in [2.45, 2.75) is 26.3 Å². The molecule has 0 aliphatic carbocycles. The van der Waals surface area contributed by atoms with E-state index in [9.17, 15) is 18.4 Å². The van der Waals surface area contributed by atoms with Crippen LogP contribution in [0.1, 0.15) is 35.0 Å². The topological polar surface area (TPSA) is 98.1 Å². The number of nitrogens with one attached hydrogen (secondary N) is 2. The first-order valence-corrected chi connectivity index (χ1v) is 9.93. The van der Waals surface area contributed by atoms with Gasteiger partial charge in [0, 0.05) is 18.1 Å². The van der Waals surface area contributed by atoms with Crippen molar-refractivity contribution in [1.82, 2.24) is 20.1 Å². The van der Waals surface area contributed by atoms with E-state index in [0.29, 0.717) is 5.69 Å². The van der Waals surface area contributed by atoms with E-state index in [0.717, 1.165) is 16.4 Å². The normalized spacial score (nSPS) is 11.8. The first-order chi connectivity index (χ1) is 15.3. The number of hydrogen-bond acceptors (Lipinski definition) is 5. The van der Waals surface area contributed by atoms with Crippen LogP contribution in [0.25, 0.3) is 5.82 Å². The standard InChI is InChI=1S/C21H20ClF2N5O3/c1-12-6-3-4-8-16(12)27-21(31)32-11-13(2)26-20(30)14-10-29(28-17(14)18(23)24)19-15(22)7-5-9-25-19/h3-10,13,18H,11H2,1-2H3,(H,26,30)(H,27,31)/t13-/m0/s1. The third-order valence-corrected chi connectivity index (χ3v) is 4.67. The number of para-hydroxylation sites is 1. The summed E-state index contributed by atoms with van der Waals surface area (Å²) in [7, 11) is 0. The van der Waals surface area contributed by atoms with E-state index >= 15 is 0 Å². The molecule has 0 bridgehead atoms. The number of carbonyl (C=O) groups excluding carboxylic acids is 2. The zero-order chi connectivity index (χ0) is 23.3. The molecule has 11 heteroatoms. The molecule has 0 unspecified atom stereocenters. The summed E-state index contributed by atoms with van der Waals surface area (Å²) < 4.78 is 33.1. The number of nitrogens with zero attached hydrogens (tertiary/aromatic N) is 3. The number of aromatic nitrogens is 3. The van der Waals surface area contributed by atoms with Crippen LogP contribution in [0.5, 0.6) is 0 Å². The molecule has 2 amide bonds. The fraction of sp³-hybridized carbons (Fsp3) is 0.238. The van der Waals surface area contributed by atoms with E-state index in [1.54, 1.807) is 25.1 Å². The van der Waals surface area contributed by atoms with Gasteiger partial charge in [0.1, 0.15) is 12.3 Å². The van der Waals surface area contributed by atoms with Crippen molar-refractivity contribution in [3.05, 3.63) is 70.6 Å². The molecule has 0 saturated carbocycles. The first-order valence-electron chi connectivity index (χ1n) is 9.55. The summed E-state index contributed by atoms with van der Waals surface area (Å²) in [5, 5.41) is 9.06. The van der Waals surface area contributed by atoms with Gasteiger partial charge in [-0.25, -0.2) is 23.2 Å². The van der Waals surface area contributed by atoms with Crippen LogP contribution in [0.3, 0.4) is 0 Å². The molecule has 2 aromatic heterocycles. The Labute approximate surface area is 187 Å². The SMILES string of the molecule is Cc1ccccc1NC(=O)OC[C@H](C)NC(=O)c1cn(-c2ncccc2Cl)nc1C(F)F. The van der Waals surface area contributed by atoms with Crippen molar-refractivity contribution >= 4 is 29.3 Å². The number of rotatable bonds is 7. The van der Waals surface area contributed by atoms with Crippen LogP contribution >= 0.6 is 11.6 Å². The third-order valence-electron chi connectivity index (χ3n) is 4.37. The monoisotopic (exact) mass is 463 g/mol. The maximum atomic E-state index is 13.5. The highest BCUT2D eigenvalue weighted by Gasteiger charge is 2.25. The molecule has 1 aromatic carbocycles. The zero-order valence-electron chi connectivity index (χ0n) is 17.2. The van der Waals surface area contributed by atoms with Crippen LogP contribution in [0.2, 0.25) is 5.02 Å². The fourth-order valence-electron chi connectivity index (χ4n) is 2.78. The number of amides is 2. The molecule has 1 atom stereocenters. The van der Waals surface area contributed by atoms with Crippen molar-refractivity contribution in [2.24, 2.45) is 0 Å². The highest BCUT2D eigenvalue weighted by Crippen LogP contribution is 2.24. The van der Waals surface area contributed by atoms with Crippen molar-refractivity contribution in [2.75, 3.05) is 11.9 Å². The molecular weight excluding hydrogens is 444 g/mol. The van der Waals surface area contributed by atoms with Crippen LogP contribution < -0.4 is 10.6 Å². The smallest absolute Gasteiger partial charge is 0.411 e. The number of pyridine rings is 1. The van der Waals surface area contributed by atoms with Crippen LogP contribution in [0.4, 0.5) is 19.3 Å². The molecule has 0 saturated heterocycles. The average molecular weight is 464 g/mol. The van der Waals surface area contributed by atoms with Gasteiger partial charge in [-0.05, 0) is 37.6 Å². The van der Waals surface area contributed by atoms with Gasteiger partial charge in [0.2, 0.25) is 0 Å². The molecule has 0 spiro atoms. The molecule has 2 N–H and O–H groups in total. The summed E-state index contributed by atoms with van der Waals surface area (Å²) in [5.41, 5.74) is 0.402. The van der Waals surface area contributed by atoms with E-state index in [1.807, 2.05) is 19.1 Å². The number of halogens is 3. The van der Waals surface area contributed by atoms with E-state index in [4.69, 9.17) is 16.3 Å². The quantitative estimate of drug-likeness (QED) is 0.536. The largest absolute Gasteiger partial charge is 0.447 e. The maximum absolute atomic E-state index is 13.5. The minimum atomic E-state index is -2.99. The summed E-state index contributed by atoms with van der Waals surface area (Å²) in [6, 6.07) is 9.60. The number of anilines is 1. The Balaban J connectivity index is 1.64. The lowest BCUT2D eigenvalue weighted by atomic mass is 10.2. The molecule has 0 aliphatic rings. The van der Waals surface area contributed by atoms with E-state index in [-0.39, 0.29) is 23.0 Å². The Hall–Kier alpha value is -3.53. The van der Waals surface area contributed by atoms with Crippen molar-refractivity contribution in [3.63, 3.8) is 0 Å². The average Bonchev–Trinajstić information content (AvgIpc) is 3.20. The maximum Gasteiger partial charge on any atom is 0.411 e. The summed E-state index contributed by atoms with van der Waals surface area (Å²) in [6.07, 6.45) is -1.15. The first kappa shape index (κ1) is 23.1. The van der Waals surface area contributed by atoms with E-state index in [1.165, 1.54) is 12.3 Å². The predicted molar refractivity (Wildman–Crippen MR) is 114 cm³/mol. The Morgan fingerprint density at radius 2 is 1.97 bits per heavy atom. The number of aryl methyl sites for hydroxylation is 1. The number of benzene rings is 1. The van der Waals surface area contributed by atoms with Crippen LogP contribution in [0, 0.1) is 6.92 Å². The van der Waals surface area contributed by atoms with Gasteiger partial charge in [0.15, 0.2) is 5.82 Å². The predicted octanol–water partition coefficient (Wildman–Crippen LogP) is 4.53. The molecule has 3 aromatic rings. The van der Waals surface area contributed by atoms with Crippen LogP contribution in [-0.2, 0) is 4.74 Å². The second-order valence-corrected chi connectivity index (χ2v) is 7.30. The Morgan fingerprint density at radius 1 is 1.22 bits per heavy atom. The molecular formula is C21H20ClF2N5O3. The Kier molecular flexibility index (Phi) is 7.37. The van der Waals surface area contributed by atoms with E-state index in [2.05, 4.69) is 20.7 Å². The van der Waals surface area contributed by atoms with Crippen molar-refractivity contribution in [3.8, 4) is 5.82 Å². The minimum Gasteiger partial charge on any atom is -0.447 e. The van der Waals surface area contributed by atoms with Gasteiger partial charge in [-0.2, -0.15) is 5.10 Å². The Bertz CT molecular complexity index is 1120. The highest BCUT2D eigenvalue weighted by atomic mass is 35.5. The molecule has 0 radical (unpaired) electrons. The summed E-state index contributed by atoms with van der Waals surface area (Å²) >= 11 is 6.04. The summed E-state index contributed by atoms with van der Waals surface area (Å²) in [4.78, 5) is 28.6. The van der Waals surface area contributed by atoms with Gasteiger partial charge >= 0.3 is 6.09 Å². The highest BCUT2D eigenvalue weighted by molar-refractivity contribution is 6.32. The van der Waals surface area contributed by atoms with Crippen molar-refractivity contribution in [1.29, 1.82) is 0 Å².